The molecule has 0 spiro atoms. The Bertz CT molecular complexity index is 221. The molecule has 58 valence electrons. The number of nitrogens with zero attached hydrogens (tertiary/aromatic N) is 1. The SMILES string of the molecule is c1cncc(NC2COC2)c1. The topological polar surface area (TPSA) is 34.2 Å². The molecule has 1 fully saturated rings. The van der Waals surface area contributed by atoms with Crippen LogP contribution in [-0.2, 0) is 4.74 Å². The Labute approximate surface area is 65.4 Å². The van der Waals surface area contributed by atoms with Crippen LogP contribution in [0.4, 0.5) is 5.69 Å². The first-order valence-corrected chi connectivity index (χ1v) is 3.69. The van der Waals surface area contributed by atoms with Crippen LogP contribution >= 0.6 is 0 Å². The molecule has 1 N–H and O–H groups in total. The fourth-order valence-corrected chi connectivity index (χ4v) is 1.00. The van der Waals surface area contributed by atoms with Crippen LogP contribution in [0, 0.1) is 0 Å². The second-order valence-corrected chi connectivity index (χ2v) is 2.62. The van der Waals surface area contributed by atoms with Gasteiger partial charge in [0.2, 0.25) is 0 Å². The maximum Gasteiger partial charge on any atom is 0.0729 e. The van der Waals surface area contributed by atoms with Crippen LogP contribution in [0.15, 0.2) is 24.5 Å². The molecule has 11 heavy (non-hydrogen) atoms. The molecule has 0 amide bonds. The van der Waals surface area contributed by atoms with Crippen LogP contribution in [0.2, 0.25) is 0 Å². The molecule has 2 rings (SSSR count). The second kappa shape index (κ2) is 2.88. The molecule has 1 saturated heterocycles. The molecule has 0 aromatic carbocycles. The van der Waals surface area contributed by atoms with Crippen molar-refractivity contribution in [1.29, 1.82) is 0 Å². The number of pyridine rings is 1. The van der Waals surface area contributed by atoms with Gasteiger partial charge in [0.05, 0.1) is 24.9 Å². The molecule has 0 saturated carbocycles. The minimum atomic E-state index is 0.485. The first kappa shape index (κ1) is 6.61. The Morgan fingerprint density at radius 2 is 2.45 bits per heavy atom. The number of hydrogen-bond donors (Lipinski definition) is 1. The average molecular weight is 150 g/mol. The van der Waals surface area contributed by atoms with Gasteiger partial charge in [0.1, 0.15) is 0 Å². The van der Waals surface area contributed by atoms with Crippen LogP contribution in [-0.4, -0.2) is 24.2 Å². The molecular formula is C8H10N2O. The molecule has 1 aliphatic heterocycles. The maximum atomic E-state index is 5.02. The van der Waals surface area contributed by atoms with Gasteiger partial charge in [-0.3, -0.25) is 4.98 Å². The van der Waals surface area contributed by atoms with Crippen molar-refractivity contribution in [3.8, 4) is 0 Å². The molecule has 2 heterocycles. The third-order valence-corrected chi connectivity index (χ3v) is 1.67. The molecule has 1 aliphatic rings. The number of nitrogens with one attached hydrogen (secondary N) is 1. The molecule has 0 bridgehead atoms. The average Bonchev–Trinajstić information content (AvgIpc) is 1.99. The monoisotopic (exact) mass is 150 g/mol. The Morgan fingerprint density at radius 3 is 3.00 bits per heavy atom. The Kier molecular flexibility index (Phi) is 1.73. The highest BCUT2D eigenvalue weighted by Crippen LogP contribution is 2.09. The molecule has 3 nitrogen and oxygen atoms in total. The van der Waals surface area contributed by atoms with Crippen molar-refractivity contribution in [2.45, 2.75) is 6.04 Å². The largest absolute Gasteiger partial charge is 0.377 e. The Hall–Kier alpha value is -1.09. The zero-order valence-corrected chi connectivity index (χ0v) is 6.16. The smallest absolute Gasteiger partial charge is 0.0729 e. The van der Waals surface area contributed by atoms with Gasteiger partial charge in [-0.15, -0.1) is 0 Å². The number of hydrogen-bond acceptors (Lipinski definition) is 3. The molecule has 3 heteroatoms. The normalized spacial score (nSPS) is 17.5. The highest BCUT2D eigenvalue weighted by Gasteiger charge is 2.17. The van der Waals surface area contributed by atoms with Gasteiger partial charge in [-0.1, -0.05) is 0 Å². The molecule has 0 unspecified atom stereocenters. The van der Waals surface area contributed by atoms with E-state index in [1.165, 1.54) is 0 Å². The quantitative estimate of drug-likeness (QED) is 0.680. The van der Waals surface area contributed by atoms with Crippen molar-refractivity contribution in [2.75, 3.05) is 18.5 Å². The summed E-state index contributed by atoms with van der Waals surface area (Å²) in [6.07, 6.45) is 3.58. The van der Waals surface area contributed by atoms with E-state index in [-0.39, 0.29) is 0 Å². The van der Waals surface area contributed by atoms with Gasteiger partial charge in [-0.25, -0.2) is 0 Å². The van der Waals surface area contributed by atoms with E-state index < -0.39 is 0 Å². The number of rotatable bonds is 2. The van der Waals surface area contributed by atoms with Crippen LogP contribution in [0.25, 0.3) is 0 Å². The van der Waals surface area contributed by atoms with E-state index in [9.17, 15) is 0 Å². The van der Waals surface area contributed by atoms with E-state index in [0.29, 0.717) is 6.04 Å². The molecule has 0 atom stereocenters. The summed E-state index contributed by atoms with van der Waals surface area (Å²) in [4.78, 5) is 3.99. The predicted molar refractivity (Wildman–Crippen MR) is 42.5 cm³/mol. The second-order valence-electron chi connectivity index (χ2n) is 2.62. The van der Waals surface area contributed by atoms with Crippen LogP contribution in [0.1, 0.15) is 0 Å². The summed E-state index contributed by atoms with van der Waals surface area (Å²) in [6, 6.07) is 4.41. The number of anilines is 1. The zero-order valence-electron chi connectivity index (χ0n) is 6.16. The summed E-state index contributed by atoms with van der Waals surface area (Å²) in [6.45, 7) is 1.63. The van der Waals surface area contributed by atoms with E-state index in [1.807, 2.05) is 18.3 Å². The summed E-state index contributed by atoms with van der Waals surface area (Å²) in [5, 5.41) is 3.29. The third kappa shape index (κ3) is 1.49. The third-order valence-electron chi connectivity index (χ3n) is 1.67. The Morgan fingerprint density at radius 1 is 1.55 bits per heavy atom. The fourth-order valence-electron chi connectivity index (χ4n) is 1.00. The first-order valence-electron chi connectivity index (χ1n) is 3.69. The van der Waals surface area contributed by atoms with Gasteiger partial charge in [-0.05, 0) is 12.1 Å². The van der Waals surface area contributed by atoms with E-state index in [1.54, 1.807) is 6.20 Å². The molecule has 1 aromatic heterocycles. The standard InChI is InChI=1S/C8H10N2O/c1-2-7(4-9-3-1)10-8-5-11-6-8/h1-4,8,10H,5-6H2. The van der Waals surface area contributed by atoms with Gasteiger partial charge >= 0.3 is 0 Å². The van der Waals surface area contributed by atoms with Gasteiger partial charge in [0.25, 0.3) is 0 Å². The minimum absolute atomic E-state index is 0.485. The van der Waals surface area contributed by atoms with Gasteiger partial charge in [0.15, 0.2) is 0 Å². The number of aromatic nitrogens is 1. The summed E-state index contributed by atoms with van der Waals surface area (Å²) in [7, 11) is 0. The van der Waals surface area contributed by atoms with Gasteiger partial charge in [0, 0.05) is 12.4 Å². The van der Waals surface area contributed by atoms with Gasteiger partial charge in [-0.2, -0.15) is 0 Å². The lowest BCUT2D eigenvalue weighted by molar-refractivity contribution is 0.0211. The van der Waals surface area contributed by atoms with E-state index in [2.05, 4.69) is 10.3 Å². The number of ether oxygens (including phenoxy) is 1. The van der Waals surface area contributed by atoms with Crippen molar-refractivity contribution in [3.05, 3.63) is 24.5 Å². The van der Waals surface area contributed by atoms with Crippen molar-refractivity contribution in [3.63, 3.8) is 0 Å². The van der Waals surface area contributed by atoms with Crippen molar-refractivity contribution in [1.82, 2.24) is 4.98 Å². The molecule has 0 aliphatic carbocycles. The van der Waals surface area contributed by atoms with E-state index in [4.69, 9.17) is 4.74 Å². The molecule has 1 aromatic rings. The fraction of sp³-hybridized carbons (Fsp3) is 0.375. The summed E-state index contributed by atoms with van der Waals surface area (Å²) < 4.78 is 5.02. The maximum absolute atomic E-state index is 5.02. The van der Waals surface area contributed by atoms with Crippen molar-refractivity contribution >= 4 is 5.69 Å². The summed E-state index contributed by atoms with van der Waals surface area (Å²) >= 11 is 0. The van der Waals surface area contributed by atoms with Crippen LogP contribution in [0.3, 0.4) is 0 Å². The predicted octanol–water partition coefficient (Wildman–Crippen LogP) is 0.892. The molecular weight excluding hydrogens is 140 g/mol. The minimum Gasteiger partial charge on any atom is -0.377 e. The Balaban J connectivity index is 1.95. The van der Waals surface area contributed by atoms with Crippen LogP contribution < -0.4 is 5.32 Å². The first-order chi connectivity index (χ1) is 5.45. The summed E-state index contributed by atoms with van der Waals surface area (Å²) in [5.41, 5.74) is 1.07. The lowest BCUT2D eigenvalue weighted by Crippen LogP contribution is -2.40. The summed E-state index contributed by atoms with van der Waals surface area (Å²) in [5.74, 6) is 0. The zero-order chi connectivity index (χ0) is 7.52. The van der Waals surface area contributed by atoms with Crippen molar-refractivity contribution in [2.24, 2.45) is 0 Å². The van der Waals surface area contributed by atoms with E-state index in [0.717, 1.165) is 18.9 Å². The van der Waals surface area contributed by atoms with Crippen LogP contribution in [0.5, 0.6) is 0 Å². The lowest BCUT2D eigenvalue weighted by Gasteiger charge is -2.27. The lowest BCUT2D eigenvalue weighted by atomic mass is 10.2. The highest BCUT2D eigenvalue weighted by atomic mass is 16.5. The van der Waals surface area contributed by atoms with Gasteiger partial charge < -0.3 is 10.1 Å². The molecule has 0 radical (unpaired) electrons. The highest BCUT2D eigenvalue weighted by molar-refractivity contribution is 5.41. The van der Waals surface area contributed by atoms with Crippen molar-refractivity contribution < 1.29 is 4.74 Å². The van der Waals surface area contributed by atoms with E-state index >= 15 is 0 Å².